The van der Waals surface area contributed by atoms with Gasteiger partial charge in [0.2, 0.25) is 0 Å². The molecular formula is C12H21N3. The van der Waals surface area contributed by atoms with Crippen LogP contribution in [0.1, 0.15) is 18.4 Å². The van der Waals surface area contributed by atoms with Crippen molar-refractivity contribution >= 4 is 0 Å². The smallest absolute Gasteiger partial charge is 0.0220 e. The summed E-state index contributed by atoms with van der Waals surface area (Å²) in [5, 5.41) is 3.53. The van der Waals surface area contributed by atoms with Crippen LogP contribution in [0.2, 0.25) is 0 Å². The minimum atomic E-state index is 0.875. The first kappa shape index (κ1) is 10.7. The lowest BCUT2D eigenvalue weighted by Gasteiger charge is -2.29. The zero-order valence-corrected chi connectivity index (χ0v) is 9.50. The van der Waals surface area contributed by atoms with Crippen molar-refractivity contribution in [2.24, 2.45) is 5.92 Å². The molecule has 84 valence electrons. The summed E-state index contributed by atoms with van der Waals surface area (Å²) in [5.41, 5.74) is 1.35. The summed E-state index contributed by atoms with van der Waals surface area (Å²) in [6.07, 6.45) is 6.72. The van der Waals surface area contributed by atoms with Gasteiger partial charge in [-0.2, -0.15) is 0 Å². The molecule has 1 saturated heterocycles. The number of H-pyrrole nitrogens is 1. The lowest BCUT2D eigenvalue weighted by molar-refractivity contribution is 0.216. The Kier molecular flexibility index (Phi) is 3.80. The standard InChI is InChI=1S/C12H21N3/c1-15-6-3-11(4-7-15)8-14-10-12-2-5-13-9-12/h2,5,9,11,13-14H,3-4,6-8,10H2,1H3. The minimum absolute atomic E-state index is 0.875. The van der Waals surface area contributed by atoms with E-state index in [1.165, 1.54) is 38.0 Å². The van der Waals surface area contributed by atoms with Gasteiger partial charge in [-0.3, -0.25) is 0 Å². The monoisotopic (exact) mass is 207 g/mol. The van der Waals surface area contributed by atoms with Crippen molar-refractivity contribution in [3.8, 4) is 0 Å². The summed E-state index contributed by atoms with van der Waals surface area (Å²) in [6, 6.07) is 2.13. The van der Waals surface area contributed by atoms with Gasteiger partial charge < -0.3 is 15.2 Å². The van der Waals surface area contributed by atoms with E-state index in [9.17, 15) is 0 Å². The summed E-state index contributed by atoms with van der Waals surface area (Å²) >= 11 is 0. The first-order chi connectivity index (χ1) is 7.34. The van der Waals surface area contributed by atoms with Crippen molar-refractivity contribution in [3.05, 3.63) is 24.0 Å². The number of aromatic amines is 1. The van der Waals surface area contributed by atoms with Crippen LogP contribution in [0, 0.1) is 5.92 Å². The molecule has 0 aliphatic carbocycles. The number of piperidine rings is 1. The van der Waals surface area contributed by atoms with E-state index in [4.69, 9.17) is 0 Å². The van der Waals surface area contributed by atoms with Gasteiger partial charge in [0.05, 0.1) is 0 Å². The first-order valence-corrected chi connectivity index (χ1v) is 5.85. The number of rotatable bonds is 4. The van der Waals surface area contributed by atoms with Crippen molar-refractivity contribution in [3.63, 3.8) is 0 Å². The summed E-state index contributed by atoms with van der Waals surface area (Å²) in [4.78, 5) is 5.50. The van der Waals surface area contributed by atoms with Crippen LogP contribution in [-0.2, 0) is 6.54 Å². The van der Waals surface area contributed by atoms with Crippen LogP contribution in [-0.4, -0.2) is 36.6 Å². The maximum absolute atomic E-state index is 3.53. The van der Waals surface area contributed by atoms with E-state index in [0.717, 1.165) is 12.5 Å². The quantitative estimate of drug-likeness (QED) is 0.783. The summed E-state index contributed by atoms with van der Waals surface area (Å²) in [6.45, 7) is 4.68. The highest BCUT2D eigenvalue weighted by molar-refractivity contribution is 5.07. The largest absolute Gasteiger partial charge is 0.367 e. The predicted molar refractivity (Wildman–Crippen MR) is 62.7 cm³/mol. The van der Waals surface area contributed by atoms with E-state index in [1.807, 2.05) is 6.20 Å². The lowest BCUT2D eigenvalue weighted by atomic mass is 9.97. The zero-order valence-electron chi connectivity index (χ0n) is 9.50. The fourth-order valence-electron chi connectivity index (χ4n) is 2.16. The minimum Gasteiger partial charge on any atom is -0.367 e. The van der Waals surface area contributed by atoms with E-state index >= 15 is 0 Å². The third-order valence-electron chi connectivity index (χ3n) is 3.26. The number of nitrogens with zero attached hydrogens (tertiary/aromatic N) is 1. The number of hydrogen-bond acceptors (Lipinski definition) is 2. The van der Waals surface area contributed by atoms with Gasteiger partial charge in [-0.1, -0.05) is 0 Å². The second kappa shape index (κ2) is 5.33. The maximum Gasteiger partial charge on any atom is 0.0220 e. The fraction of sp³-hybridized carbons (Fsp3) is 0.667. The van der Waals surface area contributed by atoms with Gasteiger partial charge in [-0.25, -0.2) is 0 Å². The fourth-order valence-corrected chi connectivity index (χ4v) is 2.16. The molecule has 0 bridgehead atoms. The van der Waals surface area contributed by atoms with Crippen molar-refractivity contribution in [1.82, 2.24) is 15.2 Å². The Labute approximate surface area is 91.9 Å². The molecule has 2 heterocycles. The molecule has 1 aromatic heterocycles. The molecule has 0 saturated carbocycles. The predicted octanol–water partition coefficient (Wildman–Crippen LogP) is 1.45. The second-order valence-corrected chi connectivity index (χ2v) is 4.60. The molecule has 1 fully saturated rings. The molecule has 2 N–H and O–H groups in total. The number of likely N-dealkylation sites (tertiary alicyclic amines) is 1. The first-order valence-electron chi connectivity index (χ1n) is 5.85. The van der Waals surface area contributed by atoms with Crippen LogP contribution in [0.15, 0.2) is 18.5 Å². The molecule has 0 atom stereocenters. The number of nitrogens with one attached hydrogen (secondary N) is 2. The van der Waals surface area contributed by atoms with Gasteiger partial charge >= 0.3 is 0 Å². The number of aromatic nitrogens is 1. The molecule has 2 rings (SSSR count). The Hall–Kier alpha value is -0.800. The van der Waals surface area contributed by atoms with Crippen LogP contribution < -0.4 is 5.32 Å². The highest BCUT2D eigenvalue weighted by atomic mass is 15.1. The van der Waals surface area contributed by atoms with E-state index in [2.05, 4.69) is 34.5 Å². The molecule has 15 heavy (non-hydrogen) atoms. The summed E-state index contributed by atoms with van der Waals surface area (Å²) in [7, 11) is 2.21. The van der Waals surface area contributed by atoms with Gasteiger partial charge in [0.15, 0.2) is 0 Å². The third-order valence-corrected chi connectivity index (χ3v) is 3.26. The van der Waals surface area contributed by atoms with E-state index in [1.54, 1.807) is 0 Å². The van der Waals surface area contributed by atoms with Crippen molar-refractivity contribution < 1.29 is 0 Å². The van der Waals surface area contributed by atoms with Gasteiger partial charge in [0.25, 0.3) is 0 Å². The Morgan fingerprint density at radius 2 is 2.27 bits per heavy atom. The summed E-state index contributed by atoms with van der Waals surface area (Å²) < 4.78 is 0. The maximum atomic E-state index is 3.53. The molecule has 1 aromatic rings. The van der Waals surface area contributed by atoms with Crippen LogP contribution in [0.25, 0.3) is 0 Å². The zero-order chi connectivity index (χ0) is 10.5. The molecule has 1 aliphatic heterocycles. The van der Waals surface area contributed by atoms with E-state index < -0.39 is 0 Å². The van der Waals surface area contributed by atoms with Crippen LogP contribution >= 0.6 is 0 Å². The molecule has 0 aromatic carbocycles. The SMILES string of the molecule is CN1CCC(CNCc2cc[nH]c2)CC1. The van der Waals surface area contributed by atoms with Crippen LogP contribution in [0.5, 0.6) is 0 Å². The molecule has 0 spiro atoms. The van der Waals surface area contributed by atoms with Gasteiger partial charge in [0.1, 0.15) is 0 Å². The van der Waals surface area contributed by atoms with Crippen molar-refractivity contribution in [1.29, 1.82) is 0 Å². The van der Waals surface area contributed by atoms with Crippen molar-refractivity contribution in [2.75, 3.05) is 26.7 Å². The normalized spacial score (nSPS) is 19.5. The van der Waals surface area contributed by atoms with Crippen LogP contribution in [0.3, 0.4) is 0 Å². The highest BCUT2D eigenvalue weighted by Crippen LogP contribution is 2.14. The number of hydrogen-bond donors (Lipinski definition) is 2. The van der Waals surface area contributed by atoms with Crippen LogP contribution in [0.4, 0.5) is 0 Å². The Morgan fingerprint density at radius 1 is 1.47 bits per heavy atom. The Balaban J connectivity index is 1.62. The molecule has 0 radical (unpaired) electrons. The lowest BCUT2D eigenvalue weighted by Crippen LogP contribution is -2.34. The molecule has 0 unspecified atom stereocenters. The molecule has 3 nitrogen and oxygen atoms in total. The second-order valence-electron chi connectivity index (χ2n) is 4.60. The molecule has 1 aliphatic rings. The van der Waals surface area contributed by atoms with Gasteiger partial charge in [0, 0.05) is 18.9 Å². The Bertz CT molecular complexity index is 260. The summed E-state index contributed by atoms with van der Waals surface area (Å²) in [5.74, 6) is 0.875. The Morgan fingerprint density at radius 3 is 2.93 bits per heavy atom. The van der Waals surface area contributed by atoms with Crippen molar-refractivity contribution in [2.45, 2.75) is 19.4 Å². The van der Waals surface area contributed by atoms with Gasteiger partial charge in [-0.05, 0) is 57.1 Å². The van der Waals surface area contributed by atoms with E-state index in [-0.39, 0.29) is 0 Å². The topological polar surface area (TPSA) is 31.1 Å². The van der Waals surface area contributed by atoms with E-state index in [0.29, 0.717) is 0 Å². The van der Waals surface area contributed by atoms with Gasteiger partial charge in [-0.15, -0.1) is 0 Å². The molecular weight excluding hydrogens is 186 g/mol. The average Bonchev–Trinajstić information content (AvgIpc) is 2.74. The highest BCUT2D eigenvalue weighted by Gasteiger charge is 2.15. The molecule has 3 heteroatoms. The third kappa shape index (κ3) is 3.36. The molecule has 0 amide bonds. The average molecular weight is 207 g/mol.